The highest BCUT2D eigenvalue weighted by atomic mass is 127. The summed E-state index contributed by atoms with van der Waals surface area (Å²) in [7, 11) is 1.48. The lowest BCUT2D eigenvalue weighted by Gasteiger charge is -2.34. The number of hydrogen-bond donors (Lipinski definition) is 5. The second-order valence-electron chi connectivity index (χ2n) is 7.83. The number of benzene rings is 2. The Hall–Kier alpha value is -2.25. The first-order chi connectivity index (χ1) is 16.4. The number of carbonyl (C=O) groups excluding carboxylic acids is 1. The summed E-state index contributed by atoms with van der Waals surface area (Å²) in [4.78, 5) is 12.6. The van der Waals surface area contributed by atoms with Gasteiger partial charge < -0.3 is 35.4 Å². The van der Waals surface area contributed by atoms with Gasteiger partial charge in [0.25, 0.3) is 0 Å². The van der Waals surface area contributed by atoms with Gasteiger partial charge in [-0.25, -0.2) is 4.39 Å². The number of carbonyl (C=O) groups is 1. The molecular weight excluding hydrogens is 558 g/mol. The molecule has 0 radical (unpaired) electrons. The second kappa shape index (κ2) is 12.5. The van der Waals surface area contributed by atoms with Gasteiger partial charge in [-0.15, -0.1) is 0 Å². The van der Waals surface area contributed by atoms with Crippen LogP contribution < -0.4 is 20.1 Å². The Morgan fingerprint density at radius 1 is 1.21 bits per heavy atom. The molecule has 34 heavy (non-hydrogen) atoms. The molecule has 0 aliphatic heterocycles. The van der Waals surface area contributed by atoms with E-state index in [1.165, 1.54) is 19.2 Å². The molecule has 3 atom stereocenters. The fourth-order valence-electron chi connectivity index (χ4n) is 3.67. The first-order valence-corrected chi connectivity index (χ1v) is 11.8. The first-order valence-electron chi connectivity index (χ1n) is 10.8. The summed E-state index contributed by atoms with van der Waals surface area (Å²) in [6, 6.07) is 8.87. The van der Waals surface area contributed by atoms with Crippen molar-refractivity contribution >= 4 is 28.5 Å². The van der Waals surface area contributed by atoms with Crippen LogP contribution in [-0.2, 0) is 17.9 Å². The molecule has 1 aliphatic rings. The van der Waals surface area contributed by atoms with Gasteiger partial charge in [-0.05, 0) is 70.5 Å². The highest BCUT2D eigenvalue weighted by Gasteiger charge is 2.36. The van der Waals surface area contributed by atoms with Crippen LogP contribution >= 0.6 is 22.6 Å². The predicted octanol–water partition coefficient (Wildman–Crippen LogP) is 1.64. The van der Waals surface area contributed by atoms with Crippen molar-refractivity contribution < 1.29 is 34.0 Å². The van der Waals surface area contributed by atoms with Crippen LogP contribution in [0.2, 0.25) is 0 Å². The van der Waals surface area contributed by atoms with Gasteiger partial charge in [-0.3, -0.25) is 4.79 Å². The molecule has 3 rings (SSSR count). The van der Waals surface area contributed by atoms with Crippen molar-refractivity contribution in [1.82, 2.24) is 10.6 Å². The van der Waals surface area contributed by atoms with Crippen molar-refractivity contribution in [2.75, 3.05) is 20.3 Å². The maximum absolute atomic E-state index is 13.2. The number of amides is 1. The fraction of sp³-hybridized carbons (Fsp3) is 0.375. The van der Waals surface area contributed by atoms with E-state index in [0.29, 0.717) is 32.8 Å². The average Bonchev–Trinajstić information content (AvgIpc) is 2.84. The zero-order valence-electron chi connectivity index (χ0n) is 18.6. The largest absolute Gasteiger partial charge is 0.493 e. The monoisotopic (exact) mass is 586 g/mol. The summed E-state index contributed by atoms with van der Waals surface area (Å²) in [6.07, 6.45) is -0.0790. The van der Waals surface area contributed by atoms with Crippen molar-refractivity contribution in [1.29, 1.82) is 0 Å². The number of aliphatic hydroxyl groups excluding tert-OH is 3. The Bertz CT molecular complexity index is 1020. The lowest BCUT2D eigenvalue weighted by molar-refractivity contribution is -0.118. The summed E-state index contributed by atoms with van der Waals surface area (Å²) in [6.45, 7) is 0.0994. The lowest BCUT2D eigenvalue weighted by Crippen LogP contribution is -2.51. The molecule has 1 amide bonds. The van der Waals surface area contributed by atoms with Crippen LogP contribution in [0.5, 0.6) is 11.5 Å². The number of hydrogen-bond acceptors (Lipinski definition) is 7. The van der Waals surface area contributed by atoms with Crippen LogP contribution in [0.15, 0.2) is 48.0 Å². The predicted molar refractivity (Wildman–Crippen MR) is 132 cm³/mol. The van der Waals surface area contributed by atoms with E-state index in [4.69, 9.17) is 14.6 Å². The third kappa shape index (κ3) is 6.66. The van der Waals surface area contributed by atoms with E-state index in [-0.39, 0.29) is 37.9 Å². The van der Waals surface area contributed by atoms with Gasteiger partial charge in [0.05, 0.1) is 23.9 Å². The minimum Gasteiger partial charge on any atom is -0.493 e. The zero-order chi connectivity index (χ0) is 24.7. The quantitative estimate of drug-likeness (QED) is 0.269. The first kappa shape index (κ1) is 26.4. The van der Waals surface area contributed by atoms with Crippen LogP contribution in [0.1, 0.15) is 17.5 Å². The summed E-state index contributed by atoms with van der Waals surface area (Å²) in [5.41, 5.74) is 1.88. The van der Waals surface area contributed by atoms with E-state index in [1.807, 2.05) is 0 Å². The molecule has 184 valence electrons. The van der Waals surface area contributed by atoms with E-state index in [1.54, 1.807) is 30.3 Å². The van der Waals surface area contributed by atoms with Crippen LogP contribution in [0.3, 0.4) is 0 Å². The third-order valence-corrected chi connectivity index (χ3v) is 6.25. The van der Waals surface area contributed by atoms with Gasteiger partial charge >= 0.3 is 0 Å². The number of aliphatic hydroxyl groups is 3. The van der Waals surface area contributed by atoms with Crippen LogP contribution in [-0.4, -0.2) is 59.7 Å². The fourth-order valence-corrected chi connectivity index (χ4v) is 4.46. The van der Waals surface area contributed by atoms with Crippen molar-refractivity contribution in [2.24, 2.45) is 0 Å². The standard InChI is InChI=1S/C24H28FIN2O6/c1-33-21-9-15(13-30)8-18(26)23(21)34-20-11-16(24(32)27-6-7-29)10-19(22(20)31)28-12-14-2-4-17(25)5-3-14/h2-5,8-9,11,19-20,22,28-31H,6-7,10,12-13H2,1H3,(H,27,32). The molecular formula is C24H28FIN2O6. The topological polar surface area (TPSA) is 120 Å². The highest BCUT2D eigenvalue weighted by Crippen LogP contribution is 2.36. The second-order valence-corrected chi connectivity index (χ2v) is 8.99. The van der Waals surface area contributed by atoms with Gasteiger partial charge in [0.15, 0.2) is 11.5 Å². The lowest BCUT2D eigenvalue weighted by atomic mass is 9.89. The SMILES string of the molecule is COc1cc(CO)cc(I)c1OC1C=C(C(=O)NCCO)CC(NCc2ccc(F)cc2)C1O. The molecule has 2 aromatic rings. The molecule has 0 saturated carbocycles. The molecule has 10 heteroatoms. The molecule has 1 aliphatic carbocycles. The van der Waals surface area contributed by atoms with E-state index in [9.17, 15) is 19.4 Å². The normalized spacial score (nSPS) is 19.9. The van der Waals surface area contributed by atoms with Crippen LogP contribution in [0.4, 0.5) is 4.39 Å². The van der Waals surface area contributed by atoms with E-state index in [2.05, 4.69) is 33.2 Å². The van der Waals surface area contributed by atoms with E-state index < -0.39 is 18.2 Å². The number of ether oxygens (including phenoxy) is 2. The zero-order valence-corrected chi connectivity index (χ0v) is 20.8. The van der Waals surface area contributed by atoms with Gasteiger partial charge in [-0.1, -0.05) is 12.1 Å². The number of halogens is 2. The molecule has 2 aromatic carbocycles. The Morgan fingerprint density at radius 3 is 2.59 bits per heavy atom. The Kier molecular flexibility index (Phi) is 9.65. The van der Waals surface area contributed by atoms with Crippen LogP contribution in [0.25, 0.3) is 0 Å². The molecule has 0 saturated heterocycles. The summed E-state index contributed by atoms with van der Waals surface area (Å²) in [5, 5.41) is 35.5. The smallest absolute Gasteiger partial charge is 0.247 e. The van der Waals surface area contributed by atoms with Gasteiger partial charge in [-0.2, -0.15) is 0 Å². The molecule has 3 unspecified atom stereocenters. The Morgan fingerprint density at radius 2 is 1.94 bits per heavy atom. The van der Waals surface area contributed by atoms with Gasteiger partial charge in [0.1, 0.15) is 18.0 Å². The minimum absolute atomic E-state index is 0.103. The molecule has 0 fully saturated rings. The van der Waals surface area contributed by atoms with Crippen molar-refractivity contribution in [3.63, 3.8) is 0 Å². The van der Waals surface area contributed by atoms with Crippen LogP contribution in [0, 0.1) is 9.39 Å². The molecule has 0 bridgehead atoms. The molecule has 0 aromatic heterocycles. The average molecular weight is 586 g/mol. The maximum atomic E-state index is 13.2. The highest BCUT2D eigenvalue weighted by molar-refractivity contribution is 14.1. The Labute approximate surface area is 210 Å². The molecule has 5 N–H and O–H groups in total. The van der Waals surface area contributed by atoms with E-state index >= 15 is 0 Å². The summed E-state index contributed by atoms with van der Waals surface area (Å²) < 4.78 is 25.5. The number of methoxy groups -OCH3 is 1. The molecule has 8 nitrogen and oxygen atoms in total. The summed E-state index contributed by atoms with van der Waals surface area (Å²) >= 11 is 2.06. The number of rotatable bonds is 10. The van der Waals surface area contributed by atoms with Gasteiger partial charge in [0.2, 0.25) is 5.91 Å². The maximum Gasteiger partial charge on any atom is 0.247 e. The van der Waals surface area contributed by atoms with Gasteiger partial charge in [0, 0.05) is 24.7 Å². The third-order valence-electron chi connectivity index (χ3n) is 5.45. The van der Waals surface area contributed by atoms with Crippen molar-refractivity contribution in [3.8, 4) is 11.5 Å². The Balaban J connectivity index is 1.85. The van der Waals surface area contributed by atoms with Crippen molar-refractivity contribution in [3.05, 3.63) is 68.6 Å². The summed E-state index contributed by atoms with van der Waals surface area (Å²) in [5.74, 6) is 0.0796. The van der Waals surface area contributed by atoms with E-state index in [0.717, 1.165) is 5.56 Å². The molecule has 0 spiro atoms. The minimum atomic E-state index is -1.01. The molecule has 0 heterocycles. The number of nitrogens with one attached hydrogen (secondary N) is 2. The van der Waals surface area contributed by atoms with Crippen molar-refractivity contribution in [2.45, 2.75) is 37.8 Å².